The number of hydrogen-bond donors (Lipinski definition) is 2. The SMILES string of the molecule is CN(C)C=NS(=O)(=O)c1cc(NC(=O)Cc2ccccc2Cl)cc2n[nH]cc12. The normalized spacial score (nSPS) is 11.8. The number of nitrogens with one attached hydrogen (secondary N) is 2. The summed E-state index contributed by atoms with van der Waals surface area (Å²) in [7, 11) is -0.651. The van der Waals surface area contributed by atoms with Gasteiger partial charge < -0.3 is 10.2 Å². The first-order valence-corrected chi connectivity index (χ1v) is 10.1. The molecule has 3 rings (SSSR count). The number of anilines is 1. The van der Waals surface area contributed by atoms with Crippen LogP contribution >= 0.6 is 11.6 Å². The quantitative estimate of drug-likeness (QED) is 0.471. The summed E-state index contributed by atoms with van der Waals surface area (Å²) in [5, 5.41) is 10.2. The number of hydrogen-bond acceptors (Lipinski definition) is 4. The van der Waals surface area contributed by atoms with Crippen molar-refractivity contribution in [3.05, 3.63) is 53.2 Å². The van der Waals surface area contributed by atoms with E-state index < -0.39 is 10.0 Å². The summed E-state index contributed by atoms with van der Waals surface area (Å²) < 4.78 is 28.9. The maximum Gasteiger partial charge on any atom is 0.284 e. The van der Waals surface area contributed by atoms with Gasteiger partial charge in [-0.25, -0.2) is 0 Å². The minimum atomic E-state index is -3.98. The Morgan fingerprint density at radius 2 is 2.07 bits per heavy atom. The van der Waals surface area contributed by atoms with Crippen molar-refractivity contribution in [1.29, 1.82) is 0 Å². The Balaban J connectivity index is 1.93. The number of amides is 1. The van der Waals surface area contributed by atoms with E-state index in [0.29, 0.717) is 27.2 Å². The van der Waals surface area contributed by atoms with Crippen molar-refractivity contribution in [2.24, 2.45) is 4.40 Å². The van der Waals surface area contributed by atoms with Gasteiger partial charge in [-0.1, -0.05) is 29.8 Å². The van der Waals surface area contributed by atoms with Crippen molar-refractivity contribution in [2.75, 3.05) is 19.4 Å². The lowest BCUT2D eigenvalue weighted by atomic mass is 10.1. The molecule has 8 nitrogen and oxygen atoms in total. The van der Waals surface area contributed by atoms with Gasteiger partial charge >= 0.3 is 0 Å². The van der Waals surface area contributed by atoms with Gasteiger partial charge in [0.05, 0.1) is 11.9 Å². The lowest BCUT2D eigenvalue weighted by Gasteiger charge is -2.09. The second-order valence-corrected chi connectivity index (χ2v) is 8.28. The van der Waals surface area contributed by atoms with E-state index in [9.17, 15) is 13.2 Å². The third-order valence-corrected chi connectivity index (χ3v) is 5.44. The maximum absolute atomic E-state index is 12.6. The molecule has 1 heterocycles. The van der Waals surface area contributed by atoms with Crippen molar-refractivity contribution >= 4 is 50.5 Å². The first-order valence-electron chi connectivity index (χ1n) is 8.24. The van der Waals surface area contributed by atoms with Crippen LogP contribution in [0.15, 0.2) is 51.9 Å². The van der Waals surface area contributed by atoms with Gasteiger partial charge in [0.15, 0.2) is 0 Å². The number of aromatic nitrogens is 2. The van der Waals surface area contributed by atoms with Crippen LogP contribution in [-0.4, -0.2) is 49.9 Å². The number of H-pyrrole nitrogens is 1. The molecular weight excluding hydrogens is 402 g/mol. The fourth-order valence-electron chi connectivity index (χ4n) is 2.53. The van der Waals surface area contributed by atoms with Crippen molar-refractivity contribution < 1.29 is 13.2 Å². The molecule has 1 aromatic heterocycles. The Morgan fingerprint density at radius 1 is 1.32 bits per heavy atom. The number of nitrogens with zero attached hydrogens (tertiary/aromatic N) is 3. The van der Waals surface area contributed by atoms with Crippen LogP contribution in [0.1, 0.15) is 5.56 Å². The van der Waals surface area contributed by atoms with Gasteiger partial charge in [-0.3, -0.25) is 9.89 Å². The molecule has 0 spiro atoms. The Hall–Kier alpha value is -2.91. The standard InChI is InChI=1S/C18H18ClN5O3S/c1-24(2)11-21-28(26,27)17-9-13(8-16-14(17)10-20-23-16)22-18(25)7-12-5-3-4-6-15(12)19/h3-6,8-11H,7H2,1-2H3,(H,20,23)(H,22,25). The molecule has 1 amide bonds. The third kappa shape index (κ3) is 4.49. The van der Waals surface area contributed by atoms with E-state index in [0.717, 1.165) is 0 Å². The highest BCUT2D eigenvalue weighted by molar-refractivity contribution is 7.90. The average molecular weight is 420 g/mol. The van der Waals surface area contributed by atoms with Crippen molar-refractivity contribution in [3.63, 3.8) is 0 Å². The Bertz CT molecular complexity index is 1150. The van der Waals surface area contributed by atoms with Gasteiger partial charge in [-0.05, 0) is 23.8 Å². The maximum atomic E-state index is 12.6. The Kier molecular flexibility index (Phi) is 5.66. The Morgan fingerprint density at radius 3 is 2.79 bits per heavy atom. The second-order valence-electron chi connectivity index (χ2n) is 6.27. The van der Waals surface area contributed by atoms with Gasteiger partial charge in [0.2, 0.25) is 5.91 Å². The number of sulfonamides is 1. The molecule has 0 radical (unpaired) electrons. The molecule has 0 saturated carbocycles. The molecule has 0 fully saturated rings. The fourth-order valence-corrected chi connectivity index (χ4v) is 3.88. The van der Waals surface area contributed by atoms with Crippen LogP contribution in [0.2, 0.25) is 5.02 Å². The topological polar surface area (TPSA) is 108 Å². The first-order chi connectivity index (χ1) is 13.3. The molecule has 0 atom stereocenters. The summed E-state index contributed by atoms with van der Waals surface area (Å²) in [5.41, 5.74) is 1.37. The van der Waals surface area contributed by atoms with Crippen LogP contribution in [0.5, 0.6) is 0 Å². The van der Waals surface area contributed by atoms with Crippen LogP contribution in [0, 0.1) is 0 Å². The molecule has 0 aliphatic rings. The van der Waals surface area contributed by atoms with E-state index in [1.54, 1.807) is 44.4 Å². The van der Waals surface area contributed by atoms with Gasteiger partial charge in [-0.15, -0.1) is 4.40 Å². The van der Waals surface area contributed by atoms with Crippen LogP contribution in [0.3, 0.4) is 0 Å². The fraction of sp³-hybridized carbons (Fsp3) is 0.167. The Labute approximate surface area is 167 Å². The number of carbonyl (C=O) groups is 1. The van der Waals surface area contributed by atoms with Gasteiger partial charge in [-0.2, -0.15) is 13.5 Å². The molecule has 2 N–H and O–H groups in total. The summed E-state index contributed by atoms with van der Waals surface area (Å²) in [5.74, 6) is -0.330. The largest absolute Gasteiger partial charge is 0.368 e. The van der Waals surface area contributed by atoms with E-state index in [4.69, 9.17) is 11.6 Å². The number of aromatic amines is 1. The van der Waals surface area contributed by atoms with Crippen molar-refractivity contribution in [3.8, 4) is 0 Å². The van der Waals surface area contributed by atoms with Gasteiger partial charge in [0.1, 0.15) is 11.2 Å². The van der Waals surface area contributed by atoms with Crippen molar-refractivity contribution in [1.82, 2.24) is 15.1 Å². The predicted molar refractivity (Wildman–Crippen MR) is 109 cm³/mol. The number of halogens is 1. The van der Waals surface area contributed by atoms with Gasteiger partial charge in [0.25, 0.3) is 10.0 Å². The molecule has 3 aromatic rings. The second kappa shape index (κ2) is 7.99. The predicted octanol–water partition coefficient (Wildman–Crippen LogP) is 2.68. The summed E-state index contributed by atoms with van der Waals surface area (Å²) in [6, 6.07) is 9.98. The highest BCUT2D eigenvalue weighted by atomic mass is 35.5. The van der Waals surface area contributed by atoms with E-state index in [2.05, 4.69) is 19.9 Å². The highest BCUT2D eigenvalue weighted by Crippen LogP contribution is 2.28. The van der Waals surface area contributed by atoms with Crippen LogP contribution < -0.4 is 5.32 Å². The monoisotopic (exact) mass is 419 g/mol. The zero-order valence-electron chi connectivity index (χ0n) is 15.2. The molecule has 10 heteroatoms. The molecule has 0 saturated heterocycles. The van der Waals surface area contributed by atoms with Crippen LogP contribution in [0.4, 0.5) is 5.69 Å². The number of fused-ring (bicyclic) bond motifs is 1. The lowest BCUT2D eigenvalue weighted by molar-refractivity contribution is -0.115. The molecule has 28 heavy (non-hydrogen) atoms. The first kappa shape index (κ1) is 19.8. The highest BCUT2D eigenvalue weighted by Gasteiger charge is 2.19. The number of carbonyl (C=O) groups excluding carboxylic acids is 1. The third-order valence-electron chi connectivity index (χ3n) is 3.80. The summed E-state index contributed by atoms with van der Waals surface area (Å²) >= 11 is 6.09. The molecule has 146 valence electrons. The lowest BCUT2D eigenvalue weighted by Crippen LogP contribution is -2.15. The molecule has 0 aliphatic heterocycles. The van der Waals surface area contributed by atoms with Crippen LogP contribution in [-0.2, 0) is 21.2 Å². The molecule has 2 aromatic carbocycles. The summed E-state index contributed by atoms with van der Waals surface area (Å²) in [6.45, 7) is 0. The molecule has 0 aliphatic carbocycles. The number of benzene rings is 2. The average Bonchev–Trinajstić information content (AvgIpc) is 3.09. The number of rotatable bonds is 6. The molecule has 0 bridgehead atoms. The summed E-state index contributed by atoms with van der Waals surface area (Å²) in [4.78, 5) is 13.9. The van der Waals surface area contributed by atoms with E-state index in [1.165, 1.54) is 23.5 Å². The minimum Gasteiger partial charge on any atom is -0.368 e. The minimum absolute atomic E-state index is 0.0510. The van der Waals surface area contributed by atoms with Crippen molar-refractivity contribution in [2.45, 2.75) is 11.3 Å². The summed E-state index contributed by atoms with van der Waals surface area (Å²) in [6.07, 6.45) is 2.73. The molecular formula is C18H18ClN5O3S. The smallest absolute Gasteiger partial charge is 0.284 e. The molecule has 0 unspecified atom stereocenters. The van der Waals surface area contributed by atoms with E-state index in [1.807, 2.05) is 0 Å². The van der Waals surface area contributed by atoms with Crippen LogP contribution in [0.25, 0.3) is 10.9 Å². The zero-order valence-corrected chi connectivity index (χ0v) is 16.8. The van der Waals surface area contributed by atoms with E-state index in [-0.39, 0.29) is 17.2 Å². The van der Waals surface area contributed by atoms with E-state index >= 15 is 0 Å². The zero-order chi connectivity index (χ0) is 20.3. The van der Waals surface area contributed by atoms with Gasteiger partial charge in [0, 0.05) is 36.4 Å².